The summed E-state index contributed by atoms with van der Waals surface area (Å²) in [7, 11) is 1.24. The number of phosphoric ester groups is 1. The molecule has 0 aliphatic carbocycles. The molecule has 0 aromatic carbocycles. The minimum absolute atomic E-state index is 0.00723. The first-order chi connectivity index (χ1) is 32.0. The number of hydrogen-bond acceptors (Lipinski definition) is 6. The molecule has 0 radical (unpaired) electrons. The van der Waals surface area contributed by atoms with Crippen LogP contribution in [0.25, 0.3) is 0 Å². The molecule has 0 aromatic heterocycles. The largest absolute Gasteiger partial charge is 0.756 e. The molecule has 0 rings (SSSR count). The number of unbranched alkanes of at least 4 members (excludes halogenated alkanes) is 32. The predicted octanol–water partition coefficient (Wildman–Crippen LogP) is 16.1. The minimum Gasteiger partial charge on any atom is -0.756 e. The Morgan fingerprint density at radius 3 is 1.32 bits per heavy atom. The van der Waals surface area contributed by atoms with Crippen LogP contribution in [0.5, 0.6) is 0 Å². The van der Waals surface area contributed by atoms with Crippen LogP contribution < -0.4 is 10.2 Å². The lowest BCUT2D eigenvalue weighted by Crippen LogP contribution is -2.45. The topological polar surface area (TPSA) is 108 Å². The fourth-order valence-electron chi connectivity index (χ4n) is 8.08. The number of phosphoric acid groups is 1. The maximum atomic E-state index is 12.9. The maximum absolute atomic E-state index is 12.9. The van der Waals surface area contributed by atoms with Crippen LogP contribution in [0.3, 0.4) is 0 Å². The Labute approximate surface area is 409 Å². The van der Waals surface area contributed by atoms with Gasteiger partial charge in [-0.05, 0) is 64.2 Å². The lowest BCUT2D eigenvalue weighted by atomic mass is 10.0. The third-order valence-electron chi connectivity index (χ3n) is 12.5. The molecule has 3 atom stereocenters. The Morgan fingerprint density at radius 2 is 0.894 bits per heavy atom. The number of hydrogen-bond donors (Lipinski definition) is 2. The van der Waals surface area contributed by atoms with Gasteiger partial charge in [0, 0.05) is 6.42 Å². The molecule has 3 unspecified atom stereocenters. The molecule has 0 spiro atoms. The molecular weight excluding hydrogens is 840 g/mol. The van der Waals surface area contributed by atoms with Crippen molar-refractivity contribution in [3.05, 3.63) is 48.6 Å². The zero-order chi connectivity index (χ0) is 48.5. The molecule has 388 valence electrons. The highest BCUT2D eigenvalue weighted by Crippen LogP contribution is 2.38. The zero-order valence-electron chi connectivity index (χ0n) is 44.1. The normalized spacial score (nSPS) is 14.3. The van der Waals surface area contributed by atoms with Crippen molar-refractivity contribution < 1.29 is 32.9 Å². The van der Waals surface area contributed by atoms with Crippen LogP contribution in [0.1, 0.15) is 258 Å². The molecule has 0 aromatic rings. The van der Waals surface area contributed by atoms with Gasteiger partial charge >= 0.3 is 0 Å². The number of amides is 1. The quantitative estimate of drug-likeness (QED) is 0.0272. The van der Waals surface area contributed by atoms with E-state index in [1.54, 1.807) is 6.08 Å². The average Bonchev–Trinajstić information content (AvgIpc) is 3.28. The molecule has 9 heteroatoms. The summed E-state index contributed by atoms with van der Waals surface area (Å²) in [5, 5.41) is 13.9. The van der Waals surface area contributed by atoms with E-state index in [0.29, 0.717) is 17.4 Å². The number of aliphatic hydroxyl groups excluding tert-OH is 1. The van der Waals surface area contributed by atoms with Gasteiger partial charge in [-0.25, -0.2) is 0 Å². The van der Waals surface area contributed by atoms with Gasteiger partial charge in [-0.1, -0.05) is 236 Å². The van der Waals surface area contributed by atoms with Crippen molar-refractivity contribution in [2.24, 2.45) is 0 Å². The van der Waals surface area contributed by atoms with Crippen molar-refractivity contribution in [3.63, 3.8) is 0 Å². The number of rotatable bonds is 51. The Balaban J connectivity index is 4.29. The van der Waals surface area contributed by atoms with Crippen LogP contribution in [0, 0.1) is 0 Å². The van der Waals surface area contributed by atoms with Crippen molar-refractivity contribution in [1.82, 2.24) is 5.32 Å². The molecule has 0 aliphatic heterocycles. The third-order valence-corrected chi connectivity index (χ3v) is 13.5. The van der Waals surface area contributed by atoms with Crippen molar-refractivity contribution >= 4 is 13.7 Å². The van der Waals surface area contributed by atoms with E-state index in [1.807, 2.05) is 27.2 Å². The number of carbonyl (C=O) groups is 1. The molecule has 8 nitrogen and oxygen atoms in total. The second kappa shape index (κ2) is 48.5. The summed E-state index contributed by atoms with van der Waals surface area (Å²) in [6, 6.07) is -0.905. The third kappa shape index (κ3) is 50.3. The van der Waals surface area contributed by atoms with Crippen LogP contribution in [-0.4, -0.2) is 68.5 Å². The van der Waals surface area contributed by atoms with E-state index in [2.05, 4.69) is 55.6 Å². The van der Waals surface area contributed by atoms with Gasteiger partial charge in [0.15, 0.2) is 0 Å². The van der Waals surface area contributed by atoms with Gasteiger partial charge < -0.3 is 28.8 Å². The summed E-state index contributed by atoms with van der Waals surface area (Å²) in [6.45, 7) is 4.64. The Bertz CT molecular complexity index is 1210. The van der Waals surface area contributed by atoms with Gasteiger partial charge in [0.05, 0.1) is 39.9 Å². The van der Waals surface area contributed by atoms with E-state index >= 15 is 0 Å². The Kier molecular flexibility index (Phi) is 47.4. The first kappa shape index (κ1) is 64.5. The summed E-state index contributed by atoms with van der Waals surface area (Å²) >= 11 is 0. The standard InChI is InChI=1S/C57H109N2O6P/c1-6-8-10-12-14-16-18-20-22-24-26-28-29-31-33-35-37-39-41-43-45-47-49-51-57(61)58-55(54-65-66(62,63)64-53-52-59(3,4)5)56(60)50-48-46-44-42-40-38-36-34-32-30-27-25-23-21-19-17-15-13-11-9-7-2/h18,20,24,26,40,42,48,50,55-56,60H,6-17,19,21-23,25,27-39,41,43-47,49,51-54H2,1-5H3,(H-,58,61,62,63)/b20-18-,26-24-,42-40+,50-48+. The predicted molar refractivity (Wildman–Crippen MR) is 284 cm³/mol. The molecular formula is C57H109N2O6P. The smallest absolute Gasteiger partial charge is 0.268 e. The van der Waals surface area contributed by atoms with E-state index < -0.39 is 26.6 Å². The molecule has 0 bridgehead atoms. The zero-order valence-corrected chi connectivity index (χ0v) is 45.0. The maximum Gasteiger partial charge on any atom is 0.268 e. The lowest BCUT2D eigenvalue weighted by Gasteiger charge is -2.29. The Morgan fingerprint density at radius 1 is 0.530 bits per heavy atom. The van der Waals surface area contributed by atoms with E-state index in [9.17, 15) is 19.4 Å². The van der Waals surface area contributed by atoms with E-state index in [-0.39, 0.29) is 12.5 Å². The number of quaternary nitrogens is 1. The molecule has 0 fully saturated rings. The summed E-state index contributed by atoms with van der Waals surface area (Å²) in [6.07, 6.45) is 63.2. The van der Waals surface area contributed by atoms with Gasteiger partial charge in [0.2, 0.25) is 5.91 Å². The first-order valence-corrected chi connectivity index (χ1v) is 29.5. The van der Waals surface area contributed by atoms with Crippen LogP contribution in [0.2, 0.25) is 0 Å². The fraction of sp³-hybridized carbons (Fsp3) is 0.842. The summed E-state index contributed by atoms with van der Waals surface area (Å²) in [5.41, 5.74) is 0. The lowest BCUT2D eigenvalue weighted by molar-refractivity contribution is -0.870. The molecule has 66 heavy (non-hydrogen) atoms. The van der Waals surface area contributed by atoms with Gasteiger partial charge in [-0.3, -0.25) is 9.36 Å². The number of aliphatic hydroxyl groups is 1. The van der Waals surface area contributed by atoms with Gasteiger partial charge in [-0.2, -0.15) is 0 Å². The van der Waals surface area contributed by atoms with E-state index in [0.717, 1.165) is 44.9 Å². The highest BCUT2D eigenvalue weighted by atomic mass is 31.2. The molecule has 0 heterocycles. The van der Waals surface area contributed by atoms with E-state index in [4.69, 9.17) is 9.05 Å². The molecule has 2 N–H and O–H groups in total. The number of nitrogens with one attached hydrogen (secondary N) is 1. The summed E-state index contributed by atoms with van der Waals surface area (Å²) in [4.78, 5) is 25.5. The first-order valence-electron chi connectivity index (χ1n) is 28.0. The van der Waals surface area contributed by atoms with Crippen LogP contribution >= 0.6 is 7.82 Å². The molecule has 1 amide bonds. The molecule has 0 aliphatic rings. The highest BCUT2D eigenvalue weighted by Gasteiger charge is 2.23. The Hall–Kier alpha value is -1.54. The number of nitrogens with zero attached hydrogens (tertiary/aromatic N) is 1. The SMILES string of the molecule is CCCCCCC/C=C\C/C=C\CCCCCCCCCCCCCC(=O)NC(COP(=O)([O-])OCC[N+](C)(C)C)C(O)/C=C/CC/C=C/CCCCCCCCCCCCCCCCC. The summed E-state index contributed by atoms with van der Waals surface area (Å²) in [5.74, 6) is -0.208. The van der Waals surface area contributed by atoms with Crippen molar-refractivity contribution in [2.75, 3.05) is 40.9 Å². The average molecular weight is 949 g/mol. The fourth-order valence-corrected chi connectivity index (χ4v) is 8.81. The number of carbonyl (C=O) groups excluding carboxylic acids is 1. The number of likely N-dealkylation sites (N-methyl/N-ethyl adjacent to an activating group) is 1. The second-order valence-corrected chi connectivity index (χ2v) is 21.7. The number of allylic oxidation sites excluding steroid dienone is 7. The molecule has 0 saturated heterocycles. The monoisotopic (exact) mass is 949 g/mol. The molecule has 0 saturated carbocycles. The highest BCUT2D eigenvalue weighted by molar-refractivity contribution is 7.45. The van der Waals surface area contributed by atoms with Crippen molar-refractivity contribution in [2.45, 2.75) is 270 Å². The van der Waals surface area contributed by atoms with Crippen LogP contribution in [-0.2, 0) is 18.4 Å². The van der Waals surface area contributed by atoms with Gasteiger partial charge in [-0.15, -0.1) is 0 Å². The van der Waals surface area contributed by atoms with Gasteiger partial charge in [0.1, 0.15) is 13.2 Å². The van der Waals surface area contributed by atoms with Crippen LogP contribution in [0.4, 0.5) is 0 Å². The van der Waals surface area contributed by atoms with Crippen molar-refractivity contribution in [1.29, 1.82) is 0 Å². The summed E-state index contributed by atoms with van der Waals surface area (Å²) < 4.78 is 23.3. The van der Waals surface area contributed by atoms with Crippen LogP contribution in [0.15, 0.2) is 48.6 Å². The van der Waals surface area contributed by atoms with E-state index in [1.165, 1.54) is 193 Å². The minimum atomic E-state index is -4.61. The second-order valence-electron chi connectivity index (χ2n) is 20.3. The van der Waals surface area contributed by atoms with Crippen molar-refractivity contribution in [3.8, 4) is 0 Å². The van der Waals surface area contributed by atoms with Gasteiger partial charge in [0.25, 0.3) is 7.82 Å².